The van der Waals surface area contributed by atoms with Crippen LogP contribution in [-0.4, -0.2) is 22.1 Å². The third kappa shape index (κ3) is 3.23. The van der Waals surface area contributed by atoms with E-state index in [-0.39, 0.29) is 27.9 Å². The van der Waals surface area contributed by atoms with Crippen LogP contribution < -0.4 is 5.73 Å². The van der Waals surface area contributed by atoms with Crippen LogP contribution in [0.5, 0.6) is 0 Å². The number of hydrogen-bond acceptors (Lipinski definition) is 4. The number of nitrogen functional groups attached to an aromatic ring is 1. The molecule has 0 saturated carbocycles. The number of carbonyl (C=O) groups is 1. The number of rotatable bonds is 4. The summed E-state index contributed by atoms with van der Waals surface area (Å²) in [7, 11) is 1.88. The van der Waals surface area contributed by atoms with E-state index in [0.717, 1.165) is 5.82 Å². The van der Waals surface area contributed by atoms with Gasteiger partial charge in [-0.05, 0) is 12.1 Å². The van der Waals surface area contributed by atoms with Gasteiger partial charge < -0.3 is 15.0 Å². The summed E-state index contributed by atoms with van der Waals surface area (Å²) < 4.78 is 7.02. The van der Waals surface area contributed by atoms with Crippen molar-refractivity contribution in [3.63, 3.8) is 0 Å². The molecule has 0 fully saturated rings. The number of anilines is 1. The highest BCUT2D eigenvalue weighted by atomic mass is 35.5. The molecule has 2 rings (SSSR count). The van der Waals surface area contributed by atoms with E-state index in [1.807, 2.05) is 17.8 Å². The fraction of sp³-hybridized carbons (Fsp3) is 0.231. The van der Waals surface area contributed by atoms with Crippen molar-refractivity contribution in [2.24, 2.45) is 7.05 Å². The molecule has 7 heteroatoms. The lowest BCUT2D eigenvalue weighted by Crippen LogP contribution is -2.10. The molecule has 106 valence electrons. The summed E-state index contributed by atoms with van der Waals surface area (Å²) in [6.45, 7) is 0.226. The van der Waals surface area contributed by atoms with E-state index in [2.05, 4.69) is 4.98 Å². The molecular formula is C13H13Cl2N3O2. The van der Waals surface area contributed by atoms with E-state index in [0.29, 0.717) is 6.42 Å². The molecule has 1 heterocycles. The molecule has 0 saturated heterocycles. The number of aromatic nitrogens is 2. The quantitative estimate of drug-likeness (QED) is 0.696. The summed E-state index contributed by atoms with van der Waals surface area (Å²) >= 11 is 11.7. The first-order valence-electron chi connectivity index (χ1n) is 5.87. The molecule has 20 heavy (non-hydrogen) atoms. The number of aryl methyl sites for hydroxylation is 1. The van der Waals surface area contributed by atoms with Gasteiger partial charge in [0.15, 0.2) is 0 Å². The summed E-state index contributed by atoms with van der Waals surface area (Å²) in [5.74, 6) is 0.343. The van der Waals surface area contributed by atoms with Crippen molar-refractivity contribution < 1.29 is 9.53 Å². The van der Waals surface area contributed by atoms with Crippen molar-refractivity contribution in [3.05, 3.63) is 46.0 Å². The molecule has 0 unspecified atom stereocenters. The monoisotopic (exact) mass is 313 g/mol. The van der Waals surface area contributed by atoms with Crippen molar-refractivity contribution in [2.75, 3.05) is 12.3 Å². The average molecular weight is 314 g/mol. The Kier molecular flexibility index (Phi) is 4.52. The Labute approximate surface area is 126 Å². The maximum absolute atomic E-state index is 11.9. The van der Waals surface area contributed by atoms with Crippen LogP contribution in [0.1, 0.15) is 16.2 Å². The number of carbonyl (C=O) groups excluding carboxylic acids is 1. The maximum atomic E-state index is 11.9. The van der Waals surface area contributed by atoms with Crippen molar-refractivity contribution in [1.29, 1.82) is 0 Å². The van der Waals surface area contributed by atoms with E-state index in [9.17, 15) is 4.79 Å². The zero-order valence-corrected chi connectivity index (χ0v) is 12.3. The summed E-state index contributed by atoms with van der Waals surface area (Å²) in [6, 6.07) is 2.88. The van der Waals surface area contributed by atoms with Crippen LogP contribution in [0.4, 0.5) is 5.69 Å². The Bertz CT molecular complexity index is 617. The SMILES string of the molecule is Cn1ccnc1CCOC(=O)c1cc(N)c(Cl)c(Cl)c1. The Morgan fingerprint density at radius 3 is 2.80 bits per heavy atom. The summed E-state index contributed by atoms with van der Waals surface area (Å²) in [4.78, 5) is 16.0. The van der Waals surface area contributed by atoms with Crippen LogP contribution in [0.15, 0.2) is 24.5 Å². The van der Waals surface area contributed by atoms with Gasteiger partial charge in [-0.2, -0.15) is 0 Å². The molecule has 1 aromatic heterocycles. The minimum absolute atomic E-state index is 0.225. The Balaban J connectivity index is 1.97. The smallest absolute Gasteiger partial charge is 0.338 e. The van der Waals surface area contributed by atoms with Gasteiger partial charge in [0.1, 0.15) is 5.82 Å². The van der Waals surface area contributed by atoms with E-state index in [1.54, 1.807) is 6.20 Å². The van der Waals surface area contributed by atoms with E-state index in [1.165, 1.54) is 12.1 Å². The first kappa shape index (κ1) is 14.7. The van der Waals surface area contributed by atoms with Crippen LogP contribution in [0.2, 0.25) is 10.0 Å². The third-order valence-corrected chi connectivity index (χ3v) is 3.59. The normalized spacial score (nSPS) is 10.6. The van der Waals surface area contributed by atoms with E-state index in [4.69, 9.17) is 33.7 Å². The fourth-order valence-electron chi connectivity index (χ4n) is 1.68. The fourth-order valence-corrected chi connectivity index (χ4v) is 2.02. The molecule has 0 aliphatic carbocycles. The number of esters is 1. The first-order valence-corrected chi connectivity index (χ1v) is 6.62. The highest BCUT2D eigenvalue weighted by Crippen LogP contribution is 2.29. The number of ether oxygens (including phenoxy) is 1. The minimum atomic E-state index is -0.496. The number of nitrogens with zero attached hydrogens (tertiary/aromatic N) is 2. The second-order valence-corrected chi connectivity index (χ2v) is 4.99. The van der Waals surface area contributed by atoms with E-state index >= 15 is 0 Å². The van der Waals surface area contributed by atoms with Crippen molar-refractivity contribution in [2.45, 2.75) is 6.42 Å². The molecule has 0 aliphatic heterocycles. The van der Waals surface area contributed by atoms with Crippen molar-refractivity contribution in [1.82, 2.24) is 9.55 Å². The van der Waals surface area contributed by atoms with Gasteiger partial charge in [0.2, 0.25) is 0 Å². The van der Waals surface area contributed by atoms with Crippen molar-refractivity contribution in [3.8, 4) is 0 Å². The highest BCUT2D eigenvalue weighted by Gasteiger charge is 2.12. The molecule has 0 bridgehead atoms. The topological polar surface area (TPSA) is 70.1 Å². The second kappa shape index (κ2) is 6.15. The molecule has 1 aromatic carbocycles. The zero-order valence-electron chi connectivity index (χ0n) is 10.8. The lowest BCUT2D eigenvalue weighted by atomic mass is 10.2. The lowest BCUT2D eigenvalue weighted by Gasteiger charge is -2.07. The Morgan fingerprint density at radius 2 is 2.20 bits per heavy atom. The summed E-state index contributed by atoms with van der Waals surface area (Å²) in [5.41, 5.74) is 6.17. The van der Waals surface area contributed by atoms with Gasteiger partial charge in [0, 0.05) is 25.9 Å². The number of halogens is 2. The largest absolute Gasteiger partial charge is 0.462 e. The molecule has 0 radical (unpaired) electrons. The van der Waals surface area contributed by atoms with Gasteiger partial charge in [-0.3, -0.25) is 0 Å². The van der Waals surface area contributed by atoms with Crippen LogP contribution in [0, 0.1) is 0 Å². The van der Waals surface area contributed by atoms with Crippen LogP contribution >= 0.6 is 23.2 Å². The first-order chi connectivity index (χ1) is 9.49. The molecule has 2 aromatic rings. The Hall–Kier alpha value is -1.72. The van der Waals surface area contributed by atoms with E-state index < -0.39 is 5.97 Å². The lowest BCUT2D eigenvalue weighted by molar-refractivity contribution is 0.0507. The molecule has 2 N–H and O–H groups in total. The van der Waals surface area contributed by atoms with Gasteiger partial charge in [0.25, 0.3) is 0 Å². The summed E-state index contributed by atoms with van der Waals surface area (Å²) in [5, 5.41) is 0.457. The number of benzene rings is 1. The van der Waals surface area contributed by atoms with Crippen LogP contribution in [0.3, 0.4) is 0 Å². The van der Waals surface area contributed by atoms with Gasteiger partial charge in [0.05, 0.1) is 27.9 Å². The van der Waals surface area contributed by atoms with Crippen molar-refractivity contribution >= 4 is 34.9 Å². The third-order valence-electron chi connectivity index (χ3n) is 2.77. The molecule has 0 amide bonds. The predicted octanol–water partition coefficient (Wildman–Crippen LogP) is 2.71. The van der Waals surface area contributed by atoms with Gasteiger partial charge in [-0.15, -0.1) is 0 Å². The Morgan fingerprint density at radius 1 is 1.45 bits per heavy atom. The number of nitrogens with two attached hydrogens (primary N) is 1. The molecule has 0 aliphatic rings. The average Bonchev–Trinajstić information content (AvgIpc) is 2.81. The standard InChI is InChI=1S/C13H13Cl2N3O2/c1-18-4-3-17-11(18)2-5-20-13(19)8-6-9(14)12(15)10(16)7-8/h3-4,6-7H,2,5,16H2,1H3. The van der Waals surface area contributed by atoms with Gasteiger partial charge in [-0.1, -0.05) is 23.2 Å². The van der Waals surface area contributed by atoms with Gasteiger partial charge in [-0.25, -0.2) is 9.78 Å². The second-order valence-electron chi connectivity index (χ2n) is 4.20. The van der Waals surface area contributed by atoms with Crippen LogP contribution in [0.25, 0.3) is 0 Å². The molecular weight excluding hydrogens is 301 g/mol. The number of imidazole rings is 1. The predicted molar refractivity (Wildman–Crippen MR) is 78.1 cm³/mol. The highest BCUT2D eigenvalue weighted by molar-refractivity contribution is 6.43. The molecule has 5 nitrogen and oxygen atoms in total. The number of hydrogen-bond donors (Lipinski definition) is 1. The minimum Gasteiger partial charge on any atom is -0.462 e. The van der Waals surface area contributed by atoms with Crippen LogP contribution in [-0.2, 0) is 18.2 Å². The summed E-state index contributed by atoms with van der Waals surface area (Å²) in [6.07, 6.45) is 4.06. The van der Waals surface area contributed by atoms with Gasteiger partial charge >= 0.3 is 5.97 Å². The molecule has 0 atom stereocenters. The molecule has 0 spiro atoms. The maximum Gasteiger partial charge on any atom is 0.338 e. The zero-order chi connectivity index (χ0) is 14.7.